The number of ether oxygens (including phenoxy) is 1. The molecule has 0 fully saturated rings. The Kier molecular flexibility index (Phi) is 4.52. The van der Waals surface area contributed by atoms with Crippen molar-refractivity contribution in [3.8, 4) is 0 Å². The maximum Gasteiger partial charge on any atom is 0.432 e. The summed E-state index contributed by atoms with van der Waals surface area (Å²) in [5.41, 5.74) is -3.82. The minimum absolute atomic E-state index is 0.0715. The second-order valence-corrected chi connectivity index (χ2v) is 6.04. The Hall–Kier alpha value is -2.41. The van der Waals surface area contributed by atoms with Gasteiger partial charge >= 0.3 is 12.1 Å². The fourth-order valence-electron chi connectivity index (χ4n) is 3.30. The molecule has 1 aliphatic rings. The van der Waals surface area contributed by atoms with E-state index >= 15 is 0 Å². The number of aryl methyl sites for hydroxylation is 1. The molecule has 0 amide bonds. The molecule has 1 unspecified atom stereocenters. The molecule has 0 aromatic heterocycles. The summed E-state index contributed by atoms with van der Waals surface area (Å²) in [6.07, 6.45) is -3.53. The molecular weight excluding hydrogens is 352 g/mol. The minimum Gasteiger partial charge on any atom is -0.463 e. The lowest BCUT2D eigenvalue weighted by molar-refractivity contribution is -0.242. The number of rotatable bonds is 3. The summed E-state index contributed by atoms with van der Waals surface area (Å²) in [4.78, 5) is 12.0. The Morgan fingerprint density at radius 1 is 1.23 bits per heavy atom. The SMILES string of the molecule is CCOC(=O)C(O)(C1=CCCc2c1ccc1ccc(F)cc21)C(F)(F)F. The van der Waals surface area contributed by atoms with Crippen molar-refractivity contribution in [3.63, 3.8) is 0 Å². The number of fused-ring (bicyclic) bond motifs is 3. The first-order chi connectivity index (χ1) is 12.2. The molecule has 2 aromatic rings. The molecule has 0 spiro atoms. The first kappa shape index (κ1) is 18.4. The zero-order chi connectivity index (χ0) is 19.1. The molecule has 0 aliphatic heterocycles. The zero-order valence-electron chi connectivity index (χ0n) is 13.9. The van der Waals surface area contributed by atoms with E-state index in [9.17, 15) is 27.5 Å². The van der Waals surface area contributed by atoms with E-state index in [1.165, 1.54) is 43.3 Å². The average Bonchev–Trinajstić information content (AvgIpc) is 2.59. The monoisotopic (exact) mass is 368 g/mol. The van der Waals surface area contributed by atoms with Crippen LogP contribution < -0.4 is 0 Å². The van der Waals surface area contributed by atoms with Gasteiger partial charge in [-0.05, 0) is 53.8 Å². The fraction of sp³-hybridized carbons (Fsp3) is 0.316. The Bertz CT molecular complexity index is 902. The minimum atomic E-state index is -5.27. The summed E-state index contributed by atoms with van der Waals surface area (Å²) < 4.78 is 59.2. The van der Waals surface area contributed by atoms with Crippen LogP contribution in [-0.2, 0) is 16.0 Å². The Morgan fingerprint density at radius 3 is 2.58 bits per heavy atom. The van der Waals surface area contributed by atoms with Crippen molar-refractivity contribution in [2.45, 2.75) is 31.5 Å². The lowest BCUT2D eigenvalue weighted by atomic mass is 9.79. The molecule has 138 valence electrons. The molecule has 0 radical (unpaired) electrons. The first-order valence-corrected chi connectivity index (χ1v) is 8.08. The summed E-state index contributed by atoms with van der Waals surface area (Å²) in [7, 11) is 0. The zero-order valence-corrected chi connectivity index (χ0v) is 13.9. The third-order valence-corrected chi connectivity index (χ3v) is 4.50. The normalized spacial score (nSPS) is 16.6. The molecule has 1 atom stereocenters. The van der Waals surface area contributed by atoms with Gasteiger partial charge in [0.25, 0.3) is 5.60 Å². The van der Waals surface area contributed by atoms with E-state index in [4.69, 9.17) is 0 Å². The van der Waals surface area contributed by atoms with E-state index in [-0.39, 0.29) is 18.6 Å². The van der Waals surface area contributed by atoms with Crippen LogP contribution in [0.2, 0.25) is 0 Å². The van der Waals surface area contributed by atoms with E-state index in [0.717, 1.165) is 0 Å². The number of hydrogen-bond acceptors (Lipinski definition) is 3. The molecule has 0 bridgehead atoms. The van der Waals surface area contributed by atoms with Crippen LogP contribution in [0.15, 0.2) is 36.4 Å². The molecule has 7 heteroatoms. The van der Waals surface area contributed by atoms with Gasteiger partial charge in [-0.2, -0.15) is 13.2 Å². The Labute approximate surface area is 146 Å². The number of hydrogen-bond donors (Lipinski definition) is 1. The van der Waals surface area contributed by atoms with Crippen molar-refractivity contribution in [2.24, 2.45) is 0 Å². The van der Waals surface area contributed by atoms with Crippen LogP contribution in [0.3, 0.4) is 0 Å². The van der Waals surface area contributed by atoms with Crippen molar-refractivity contribution >= 4 is 22.3 Å². The van der Waals surface area contributed by atoms with Crippen LogP contribution in [0, 0.1) is 5.82 Å². The van der Waals surface area contributed by atoms with Crippen LogP contribution in [0.25, 0.3) is 16.3 Å². The molecular formula is C19H16F4O3. The lowest BCUT2D eigenvalue weighted by Gasteiger charge is -2.33. The number of allylic oxidation sites excluding steroid dienone is 1. The second-order valence-electron chi connectivity index (χ2n) is 6.04. The number of alkyl halides is 3. The average molecular weight is 368 g/mol. The molecule has 0 saturated heterocycles. The van der Waals surface area contributed by atoms with Crippen LogP contribution in [-0.4, -0.2) is 29.5 Å². The van der Waals surface area contributed by atoms with E-state index in [1.807, 2.05) is 0 Å². The van der Waals surface area contributed by atoms with Gasteiger partial charge in [0, 0.05) is 5.57 Å². The number of esters is 1. The number of aliphatic hydroxyl groups is 1. The summed E-state index contributed by atoms with van der Waals surface area (Å²) in [5.74, 6) is -2.29. The summed E-state index contributed by atoms with van der Waals surface area (Å²) >= 11 is 0. The first-order valence-electron chi connectivity index (χ1n) is 8.08. The van der Waals surface area contributed by atoms with Crippen LogP contribution in [0.4, 0.5) is 17.6 Å². The largest absolute Gasteiger partial charge is 0.463 e. The standard InChI is InChI=1S/C19H16F4O3/c1-2-26-17(24)18(25,19(21,22)23)16-5-3-4-13-14(16)9-7-11-6-8-12(20)10-15(11)13/h5-10,25H,2-4H2,1H3. The van der Waals surface area contributed by atoms with E-state index < -0.39 is 29.1 Å². The number of carbonyl (C=O) groups excluding carboxylic acids is 1. The van der Waals surface area contributed by atoms with Gasteiger partial charge in [0.1, 0.15) is 5.82 Å². The molecule has 26 heavy (non-hydrogen) atoms. The molecule has 3 nitrogen and oxygen atoms in total. The molecule has 3 rings (SSSR count). The molecule has 0 saturated carbocycles. The van der Waals surface area contributed by atoms with Crippen LogP contribution in [0.5, 0.6) is 0 Å². The second kappa shape index (κ2) is 6.39. The van der Waals surface area contributed by atoms with Crippen molar-refractivity contribution < 1.29 is 32.2 Å². The van der Waals surface area contributed by atoms with Crippen LogP contribution in [0.1, 0.15) is 24.5 Å². The third kappa shape index (κ3) is 2.76. The molecule has 1 N–H and O–H groups in total. The fourth-order valence-corrected chi connectivity index (χ4v) is 3.30. The van der Waals surface area contributed by atoms with Gasteiger partial charge < -0.3 is 9.84 Å². The third-order valence-electron chi connectivity index (χ3n) is 4.50. The maximum atomic E-state index is 13.7. The topological polar surface area (TPSA) is 46.5 Å². The van der Waals surface area contributed by atoms with Gasteiger partial charge in [-0.25, -0.2) is 9.18 Å². The van der Waals surface area contributed by atoms with Gasteiger partial charge in [-0.3, -0.25) is 0 Å². The van der Waals surface area contributed by atoms with Gasteiger partial charge in [-0.15, -0.1) is 0 Å². The Balaban J connectivity index is 2.24. The maximum absolute atomic E-state index is 13.7. The van der Waals surface area contributed by atoms with E-state index in [0.29, 0.717) is 22.8 Å². The van der Waals surface area contributed by atoms with E-state index in [1.54, 1.807) is 0 Å². The van der Waals surface area contributed by atoms with Gasteiger partial charge in [0.15, 0.2) is 0 Å². The van der Waals surface area contributed by atoms with Gasteiger partial charge in [0.2, 0.25) is 0 Å². The van der Waals surface area contributed by atoms with Crippen molar-refractivity contribution in [1.82, 2.24) is 0 Å². The quantitative estimate of drug-likeness (QED) is 0.654. The Morgan fingerprint density at radius 2 is 1.92 bits per heavy atom. The molecule has 1 aliphatic carbocycles. The van der Waals surface area contributed by atoms with Gasteiger partial charge in [0.05, 0.1) is 6.61 Å². The highest BCUT2D eigenvalue weighted by Crippen LogP contribution is 2.45. The smallest absolute Gasteiger partial charge is 0.432 e. The highest BCUT2D eigenvalue weighted by molar-refractivity contribution is 6.01. The molecule has 0 heterocycles. The van der Waals surface area contributed by atoms with Crippen molar-refractivity contribution in [2.75, 3.05) is 6.61 Å². The number of benzene rings is 2. The lowest BCUT2D eigenvalue weighted by Crippen LogP contribution is -2.54. The van der Waals surface area contributed by atoms with Crippen molar-refractivity contribution in [1.29, 1.82) is 0 Å². The summed E-state index contributed by atoms with van der Waals surface area (Å²) in [5, 5.41) is 11.5. The number of halogens is 4. The highest BCUT2D eigenvalue weighted by Gasteiger charge is 2.63. The predicted octanol–water partition coefficient (Wildman–Crippen LogP) is 4.17. The molecule has 2 aromatic carbocycles. The van der Waals surface area contributed by atoms with Crippen molar-refractivity contribution in [3.05, 3.63) is 53.4 Å². The van der Waals surface area contributed by atoms with Crippen LogP contribution >= 0.6 is 0 Å². The number of carbonyl (C=O) groups is 1. The predicted molar refractivity (Wildman–Crippen MR) is 87.8 cm³/mol. The van der Waals surface area contributed by atoms with Gasteiger partial charge in [-0.1, -0.05) is 24.3 Å². The highest BCUT2D eigenvalue weighted by atomic mass is 19.4. The van der Waals surface area contributed by atoms with E-state index in [2.05, 4.69) is 4.74 Å². The summed E-state index contributed by atoms with van der Waals surface area (Å²) in [6.45, 7) is 1.05. The summed E-state index contributed by atoms with van der Waals surface area (Å²) in [6, 6.07) is 6.99.